The maximum absolute atomic E-state index is 3.58. The molecule has 0 saturated carbocycles. The first-order chi connectivity index (χ1) is 9.13. The van der Waals surface area contributed by atoms with E-state index in [0.717, 1.165) is 11.0 Å². The zero-order valence-electron chi connectivity index (χ0n) is 11.1. The number of halogens is 2. The molecule has 0 heterocycles. The van der Waals surface area contributed by atoms with E-state index < -0.39 is 0 Å². The Hall–Kier alpha value is -0.390. The Balaban J connectivity index is 2.45. The van der Waals surface area contributed by atoms with E-state index in [2.05, 4.69) is 100 Å². The fourth-order valence-corrected chi connectivity index (χ4v) is 3.10. The van der Waals surface area contributed by atoms with Crippen molar-refractivity contribution in [2.75, 3.05) is 6.54 Å². The third kappa shape index (κ3) is 3.58. The second-order valence-electron chi connectivity index (χ2n) is 4.52. The van der Waals surface area contributed by atoms with Gasteiger partial charge in [-0.1, -0.05) is 53.2 Å². The molecule has 0 aromatic heterocycles. The minimum atomic E-state index is 0.255. The van der Waals surface area contributed by atoms with Gasteiger partial charge in [-0.15, -0.1) is 0 Å². The van der Waals surface area contributed by atoms with Gasteiger partial charge in [0.05, 0.1) is 6.04 Å². The zero-order chi connectivity index (χ0) is 13.8. The molecule has 0 amide bonds. The smallest absolute Gasteiger partial charge is 0.0587 e. The van der Waals surface area contributed by atoms with Gasteiger partial charge in [-0.2, -0.15) is 0 Å². The number of aryl methyl sites for hydroxylation is 1. The van der Waals surface area contributed by atoms with E-state index in [9.17, 15) is 0 Å². The Bertz CT molecular complexity index is 551. The third-order valence-electron chi connectivity index (χ3n) is 3.14. The molecule has 0 spiro atoms. The highest BCUT2D eigenvalue weighted by atomic mass is 127. The normalized spacial score (nSPS) is 12.4. The van der Waals surface area contributed by atoms with Crippen LogP contribution in [0.2, 0.25) is 0 Å². The standard InChI is InChI=1S/C16H17BrIN/c1-3-19-16(12-7-9-13(17)10-8-12)14-6-4-5-11(2)15(14)18/h4-10,16,19H,3H2,1-2H3. The summed E-state index contributed by atoms with van der Waals surface area (Å²) in [5.41, 5.74) is 3.98. The van der Waals surface area contributed by atoms with Crippen LogP contribution in [0, 0.1) is 10.5 Å². The molecule has 1 nitrogen and oxygen atoms in total. The molecule has 0 aliphatic carbocycles. The fraction of sp³-hybridized carbons (Fsp3) is 0.250. The Morgan fingerprint density at radius 2 is 1.84 bits per heavy atom. The Morgan fingerprint density at radius 3 is 2.47 bits per heavy atom. The van der Waals surface area contributed by atoms with E-state index in [1.807, 2.05) is 0 Å². The van der Waals surface area contributed by atoms with Gasteiger partial charge in [-0.25, -0.2) is 0 Å². The lowest BCUT2D eigenvalue weighted by molar-refractivity contribution is 0.628. The van der Waals surface area contributed by atoms with Crippen molar-refractivity contribution in [3.05, 3.63) is 67.2 Å². The van der Waals surface area contributed by atoms with Crippen molar-refractivity contribution in [3.8, 4) is 0 Å². The quantitative estimate of drug-likeness (QED) is 0.669. The van der Waals surface area contributed by atoms with Crippen molar-refractivity contribution < 1.29 is 0 Å². The number of benzene rings is 2. The fourth-order valence-electron chi connectivity index (χ4n) is 2.16. The summed E-state index contributed by atoms with van der Waals surface area (Å²) in [6, 6.07) is 15.3. The molecule has 3 heteroatoms. The Labute approximate surface area is 137 Å². The average molecular weight is 430 g/mol. The molecule has 0 aliphatic heterocycles. The maximum atomic E-state index is 3.58. The van der Waals surface area contributed by atoms with Crippen molar-refractivity contribution in [1.82, 2.24) is 5.32 Å². The van der Waals surface area contributed by atoms with Crippen LogP contribution in [0.3, 0.4) is 0 Å². The summed E-state index contributed by atoms with van der Waals surface area (Å²) < 4.78 is 2.46. The lowest BCUT2D eigenvalue weighted by Gasteiger charge is -2.21. The van der Waals surface area contributed by atoms with Crippen molar-refractivity contribution in [2.24, 2.45) is 0 Å². The molecule has 1 N–H and O–H groups in total. The van der Waals surface area contributed by atoms with Crippen molar-refractivity contribution in [1.29, 1.82) is 0 Å². The first-order valence-corrected chi connectivity index (χ1v) is 8.24. The molecule has 2 rings (SSSR count). The number of hydrogen-bond donors (Lipinski definition) is 1. The van der Waals surface area contributed by atoms with Gasteiger partial charge in [0.15, 0.2) is 0 Å². The maximum Gasteiger partial charge on any atom is 0.0587 e. The summed E-state index contributed by atoms with van der Waals surface area (Å²) in [5, 5.41) is 3.58. The molecule has 100 valence electrons. The van der Waals surface area contributed by atoms with E-state index in [1.54, 1.807) is 0 Å². The summed E-state index contributed by atoms with van der Waals surface area (Å²) in [5.74, 6) is 0. The van der Waals surface area contributed by atoms with Gasteiger partial charge in [-0.3, -0.25) is 0 Å². The van der Waals surface area contributed by atoms with Crippen LogP contribution < -0.4 is 5.32 Å². The van der Waals surface area contributed by atoms with Crippen molar-refractivity contribution in [3.63, 3.8) is 0 Å². The molecule has 0 fully saturated rings. The minimum absolute atomic E-state index is 0.255. The van der Waals surface area contributed by atoms with Gasteiger partial charge in [0.2, 0.25) is 0 Å². The van der Waals surface area contributed by atoms with Crippen LogP contribution in [0.1, 0.15) is 29.7 Å². The van der Waals surface area contributed by atoms with E-state index in [0.29, 0.717) is 0 Å². The lowest BCUT2D eigenvalue weighted by Crippen LogP contribution is -2.23. The van der Waals surface area contributed by atoms with E-state index in [1.165, 1.54) is 20.3 Å². The van der Waals surface area contributed by atoms with Gasteiger partial charge in [0.25, 0.3) is 0 Å². The molecule has 0 radical (unpaired) electrons. The second kappa shape index (κ2) is 6.86. The largest absolute Gasteiger partial charge is 0.306 e. The molecule has 0 bridgehead atoms. The highest BCUT2D eigenvalue weighted by molar-refractivity contribution is 14.1. The summed E-state index contributed by atoms with van der Waals surface area (Å²) in [6.07, 6.45) is 0. The van der Waals surface area contributed by atoms with Gasteiger partial charge in [0.1, 0.15) is 0 Å². The summed E-state index contributed by atoms with van der Waals surface area (Å²) >= 11 is 5.94. The van der Waals surface area contributed by atoms with Gasteiger partial charge in [0, 0.05) is 8.04 Å². The molecule has 1 atom stereocenters. The molecule has 0 aliphatic rings. The van der Waals surface area contributed by atoms with Gasteiger partial charge < -0.3 is 5.32 Å². The molecule has 2 aromatic rings. The van der Waals surface area contributed by atoms with E-state index >= 15 is 0 Å². The zero-order valence-corrected chi connectivity index (χ0v) is 14.8. The van der Waals surface area contributed by atoms with Crippen molar-refractivity contribution >= 4 is 38.5 Å². The number of rotatable bonds is 4. The Kier molecular flexibility index (Phi) is 5.42. The van der Waals surface area contributed by atoms with Crippen LogP contribution in [0.25, 0.3) is 0 Å². The molecular weight excluding hydrogens is 413 g/mol. The van der Waals surface area contributed by atoms with Crippen LogP contribution in [-0.2, 0) is 0 Å². The summed E-state index contributed by atoms with van der Waals surface area (Å²) in [7, 11) is 0. The van der Waals surface area contributed by atoms with E-state index in [4.69, 9.17) is 0 Å². The van der Waals surface area contributed by atoms with Crippen LogP contribution in [0.5, 0.6) is 0 Å². The predicted molar refractivity (Wildman–Crippen MR) is 93.6 cm³/mol. The second-order valence-corrected chi connectivity index (χ2v) is 6.51. The SMILES string of the molecule is CCNC(c1ccc(Br)cc1)c1cccc(C)c1I. The first-order valence-electron chi connectivity index (χ1n) is 6.37. The molecule has 1 unspecified atom stereocenters. The molecular formula is C16H17BrIN. The topological polar surface area (TPSA) is 12.0 Å². The molecule has 0 saturated heterocycles. The highest BCUT2D eigenvalue weighted by Crippen LogP contribution is 2.28. The minimum Gasteiger partial charge on any atom is -0.306 e. The highest BCUT2D eigenvalue weighted by Gasteiger charge is 2.16. The predicted octanol–water partition coefficient (Wildman–Crippen LogP) is 5.06. The molecule has 2 aromatic carbocycles. The number of nitrogens with one attached hydrogen (secondary N) is 1. The van der Waals surface area contributed by atoms with Crippen LogP contribution in [0.4, 0.5) is 0 Å². The first kappa shape index (κ1) is 15.0. The monoisotopic (exact) mass is 429 g/mol. The van der Waals surface area contributed by atoms with Crippen LogP contribution >= 0.6 is 38.5 Å². The van der Waals surface area contributed by atoms with Crippen LogP contribution in [-0.4, -0.2) is 6.54 Å². The average Bonchev–Trinajstić information content (AvgIpc) is 2.41. The molecule has 19 heavy (non-hydrogen) atoms. The van der Waals surface area contributed by atoms with Crippen molar-refractivity contribution in [2.45, 2.75) is 19.9 Å². The Morgan fingerprint density at radius 1 is 1.16 bits per heavy atom. The van der Waals surface area contributed by atoms with Gasteiger partial charge >= 0.3 is 0 Å². The number of hydrogen-bond acceptors (Lipinski definition) is 1. The third-order valence-corrected chi connectivity index (χ3v) is 5.15. The summed E-state index contributed by atoms with van der Waals surface area (Å²) in [4.78, 5) is 0. The summed E-state index contributed by atoms with van der Waals surface area (Å²) in [6.45, 7) is 5.26. The van der Waals surface area contributed by atoms with Crippen LogP contribution in [0.15, 0.2) is 46.9 Å². The van der Waals surface area contributed by atoms with E-state index in [-0.39, 0.29) is 6.04 Å². The lowest BCUT2D eigenvalue weighted by atomic mass is 9.97. The van der Waals surface area contributed by atoms with Gasteiger partial charge in [-0.05, 0) is 64.9 Å².